The van der Waals surface area contributed by atoms with Crippen LogP contribution in [0.3, 0.4) is 0 Å². The molecule has 5 rings (SSSR count). The fourth-order valence-electron chi connectivity index (χ4n) is 4.55. The van der Waals surface area contributed by atoms with Crippen molar-refractivity contribution in [2.24, 2.45) is 0 Å². The minimum absolute atomic E-state index is 0.282. The smallest absolute Gasteiger partial charge is 0.235 e. The Morgan fingerprint density at radius 2 is 1.90 bits per heavy atom. The van der Waals surface area contributed by atoms with E-state index in [2.05, 4.69) is 33.3 Å². The molecule has 0 unspecified atom stereocenters. The second-order valence-corrected chi connectivity index (χ2v) is 10.4. The molecule has 0 aliphatic heterocycles. The lowest BCUT2D eigenvalue weighted by atomic mass is 10.1. The zero-order valence-electron chi connectivity index (χ0n) is 16.9. The molecule has 2 aliphatic rings. The molecule has 0 radical (unpaired) electrons. The molecule has 2 fully saturated rings. The van der Waals surface area contributed by atoms with Gasteiger partial charge in [-0.2, -0.15) is 5.26 Å². The van der Waals surface area contributed by atoms with Gasteiger partial charge in [0.25, 0.3) is 0 Å². The first kappa shape index (κ1) is 19.1. The number of fused-ring (bicyclic) bond motifs is 1. The highest BCUT2D eigenvalue weighted by Crippen LogP contribution is 2.41. The topological polar surface area (TPSA) is 87.8 Å². The van der Waals surface area contributed by atoms with E-state index in [1.165, 1.54) is 12.8 Å². The second-order valence-electron chi connectivity index (χ2n) is 8.44. The number of sulfonamides is 1. The third-order valence-corrected chi connectivity index (χ3v) is 8.06. The van der Waals surface area contributed by atoms with Crippen molar-refractivity contribution in [3.63, 3.8) is 0 Å². The van der Waals surface area contributed by atoms with Gasteiger partial charge in [-0.3, -0.25) is 9.71 Å². The number of hydrogen-bond acceptors (Lipinski definition) is 4. The second kappa shape index (κ2) is 7.13. The van der Waals surface area contributed by atoms with Gasteiger partial charge in [0.15, 0.2) is 0 Å². The molecule has 2 aliphatic carbocycles. The molecule has 1 aromatic carbocycles. The first-order valence-electron chi connectivity index (χ1n) is 10.5. The third-order valence-electron chi connectivity index (χ3n) is 6.19. The van der Waals surface area contributed by atoms with Crippen molar-refractivity contribution in [2.45, 2.75) is 56.7 Å². The molecule has 6 nitrogen and oxygen atoms in total. The summed E-state index contributed by atoms with van der Waals surface area (Å²) in [5, 5.41) is 10.7. The quantitative estimate of drug-likeness (QED) is 0.636. The number of nitriles is 1. The van der Waals surface area contributed by atoms with Crippen LogP contribution in [-0.4, -0.2) is 23.2 Å². The SMILES string of the molecule is Cc1ccc2c(C#N)c(-c3ccc(NS(=O)(=O)C4CC4)cn3)n(C3CCCC3)c2c1. The third kappa shape index (κ3) is 3.25. The summed E-state index contributed by atoms with van der Waals surface area (Å²) in [4.78, 5) is 4.57. The summed E-state index contributed by atoms with van der Waals surface area (Å²) >= 11 is 0. The molecule has 0 atom stereocenters. The average Bonchev–Trinajstić information content (AvgIpc) is 3.37. The van der Waals surface area contributed by atoms with Crippen LogP contribution in [0.4, 0.5) is 5.69 Å². The Hall–Kier alpha value is -2.85. The van der Waals surface area contributed by atoms with Crippen LogP contribution in [0.5, 0.6) is 0 Å². The Morgan fingerprint density at radius 1 is 1.13 bits per heavy atom. The first-order chi connectivity index (χ1) is 14.5. The molecule has 154 valence electrons. The summed E-state index contributed by atoms with van der Waals surface area (Å²) in [5.74, 6) is 0. The van der Waals surface area contributed by atoms with Gasteiger partial charge < -0.3 is 4.57 Å². The number of benzene rings is 1. The molecule has 0 amide bonds. The Balaban J connectivity index is 1.62. The van der Waals surface area contributed by atoms with Crippen molar-refractivity contribution >= 4 is 26.6 Å². The lowest BCUT2D eigenvalue weighted by Crippen LogP contribution is -2.17. The van der Waals surface area contributed by atoms with E-state index in [9.17, 15) is 13.7 Å². The van der Waals surface area contributed by atoms with Crippen LogP contribution in [0.1, 0.15) is 55.7 Å². The largest absolute Gasteiger partial charge is 0.335 e. The van der Waals surface area contributed by atoms with Gasteiger partial charge in [-0.1, -0.05) is 25.0 Å². The zero-order chi connectivity index (χ0) is 20.9. The van der Waals surface area contributed by atoms with Crippen molar-refractivity contribution in [1.82, 2.24) is 9.55 Å². The van der Waals surface area contributed by atoms with Crippen molar-refractivity contribution < 1.29 is 8.42 Å². The van der Waals surface area contributed by atoms with Gasteiger partial charge in [-0.05, 0) is 56.4 Å². The van der Waals surface area contributed by atoms with Crippen molar-refractivity contribution in [1.29, 1.82) is 5.26 Å². The fourth-order valence-corrected chi connectivity index (χ4v) is 5.92. The molecule has 30 heavy (non-hydrogen) atoms. The lowest BCUT2D eigenvalue weighted by Gasteiger charge is -2.18. The van der Waals surface area contributed by atoms with E-state index in [1.54, 1.807) is 12.3 Å². The minimum atomic E-state index is -3.32. The minimum Gasteiger partial charge on any atom is -0.335 e. The highest BCUT2D eigenvalue weighted by Gasteiger charge is 2.35. The Morgan fingerprint density at radius 3 is 2.53 bits per heavy atom. The van der Waals surface area contributed by atoms with Crippen LogP contribution >= 0.6 is 0 Å². The van der Waals surface area contributed by atoms with E-state index in [1.807, 2.05) is 18.2 Å². The Kier molecular flexibility index (Phi) is 4.55. The van der Waals surface area contributed by atoms with Gasteiger partial charge in [0, 0.05) is 11.4 Å². The van der Waals surface area contributed by atoms with Gasteiger partial charge in [0.2, 0.25) is 10.0 Å². The van der Waals surface area contributed by atoms with Gasteiger partial charge in [-0.25, -0.2) is 8.42 Å². The predicted octanol–water partition coefficient (Wildman–Crippen LogP) is 4.90. The number of pyridine rings is 1. The number of nitrogens with zero attached hydrogens (tertiary/aromatic N) is 3. The molecule has 2 heterocycles. The molecular formula is C23H24N4O2S. The molecule has 3 aromatic rings. The molecular weight excluding hydrogens is 396 g/mol. The summed E-state index contributed by atoms with van der Waals surface area (Å²) in [6.07, 6.45) is 7.54. The maximum atomic E-state index is 12.2. The highest BCUT2D eigenvalue weighted by molar-refractivity contribution is 7.93. The monoisotopic (exact) mass is 420 g/mol. The van der Waals surface area contributed by atoms with Crippen molar-refractivity contribution in [2.75, 3.05) is 4.72 Å². The first-order valence-corrected chi connectivity index (χ1v) is 12.1. The van der Waals surface area contributed by atoms with Crippen LogP contribution in [-0.2, 0) is 10.0 Å². The van der Waals surface area contributed by atoms with Crippen LogP contribution < -0.4 is 4.72 Å². The van der Waals surface area contributed by atoms with Gasteiger partial charge in [0.05, 0.1) is 39.6 Å². The van der Waals surface area contributed by atoms with E-state index in [0.717, 1.165) is 35.0 Å². The fraction of sp³-hybridized carbons (Fsp3) is 0.391. The standard InChI is InChI=1S/C23H24N4O2S/c1-15-6-10-19-20(13-24)23(27(22(19)12-15)17-4-2-3-5-17)21-11-7-16(14-25-21)26-30(28,29)18-8-9-18/h6-7,10-12,14,17-18,26H,2-5,8-9H2,1H3. The summed E-state index contributed by atoms with van der Waals surface area (Å²) in [5.41, 5.74) is 4.87. The maximum absolute atomic E-state index is 12.2. The van der Waals surface area contributed by atoms with Crippen molar-refractivity contribution in [3.8, 4) is 17.5 Å². The van der Waals surface area contributed by atoms with E-state index >= 15 is 0 Å². The normalized spacial score (nSPS) is 17.3. The van der Waals surface area contributed by atoms with Crippen LogP contribution in [0, 0.1) is 18.3 Å². The molecule has 2 aromatic heterocycles. The van der Waals surface area contributed by atoms with Crippen LogP contribution in [0.15, 0.2) is 36.5 Å². The van der Waals surface area contributed by atoms with Gasteiger partial charge in [0.1, 0.15) is 6.07 Å². The van der Waals surface area contributed by atoms with Gasteiger partial charge in [-0.15, -0.1) is 0 Å². The van der Waals surface area contributed by atoms with Crippen LogP contribution in [0.25, 0.3) is 22.3 Å². The number of hydrogen-bond donors (Lipinski definition) is 1. The summed E-state index contributed by atoms with van der Waals surface area (Å²) < 4.78 is 29.3. The number of rotatable bonds is 5. The summed E-state index contributed by atoms with van der Waals surface area (Å²) in [6.45, 7) is 2.07. The molecule has 1 N–H and O–H groups in total. The maximum Gasteiger partial charge on any atom is 0.235 e. The number of aryl methyl sites for hydroxylation is 1. The highest BCUT2D eigenvalue weighted by atomic mass is 32.2. The average molecular weight is 421 g/mol. The Labute approximate surface area is 176 Å². The van der Waals surface area contributed by atoms with E-state index < -0.39 is 10.0 Å². The molecule has 2 saturated carbocycles. The summed E-state index contributed by atoms with van der Waals surface area (Å²) in [6, 6.07) is 12.5. The molecule has 0 saturated heterocycles. The van der Waals surface area contributed by atoms with E-state index in [-0.39, 0.29) is 5.25 Å². The Bertz CT molecular complexity index is 1260. The van der Waals surface area contributed by atoms with E-state index in [4.69, 9.17) is 0 Å². The lowest BCUT2D eigenvalue weighted by molar-refractivity contribution is 0.539. The summed E-state index contributed by atoms with van der Waals surface area (Å²) in [7, 11) is -3.32. The predicted molar refractivity (Wildman–Crippen MR) is 118 cm³/mol. The van der Waals surface area contributed by atoms with E-state index in [0.29, 0.717) is 35.8 Å². The number of nitrogens with one attached hydrogen (secondary N) is 1. The number of anilines is 1. The van der Waals surface area contributed by atoms with Gasteiger partial charge >= 0.3 is 0 Å². The molecule has 0 bridgehead atoms. The number of aromatic nitrogens is 2. The van der Waals surface area contributed by atoms with Crippen molar-refractivity contribution in [3.05, 3.63) is 47.7 Å². The zero-order valence-corrected chi connectivity index (χ0v) is 17.7. The molecule has 7 heteroatoms. The van der Waals surface area contributed by atoms with Crippen LogP contribution in [0.2, 0.25) is 0 Å². The molecule has 0 spiro atoms.